The van der Waals surface area contributed by atoms with Gasteiger partial charge in [0, 0.05) is 24.7 Å². The highest BCUT2D eigenvalue weighted by Crippen LogP contribution is 2.13. The Labute approximate surface area is 155 Å². The molecule has 1 aromatic carbocycles. The molecule has 1 unspecified atom stereocenters. The van der Waals surface area contributed by atoms with Crippen molar-refractivity contribution in [2.45, 2.75) is 31.5 Å². The van der Waals surface area contributed by atoms with Crippen LogP contribution in [0.1, 0.15) is 18.4 Å². The van der Waals surface area contributed by atoms with Crippen molar-refractivity contribution in [1.82, 2.24) is 10.6 Å². The monoisotopic (exact) mass is 378 g/mol. The number of non-ortho nitro benzene ring substituents is 1. The fraction of sp³-hybridized carbons (Fsp3) is 0.438. The van der Waals surface area contributed by atoms with Crippen LogP contribution >= 0.6 is 0 Å². The number of nitrogens with one attached hydrogen (secondary N) is 2. The van der Waals surface area contributed by atoms with E-state index in [0.717, 1.165) is 13.0 Å². The van der Waals surface area contributed by atoms with Crippen LogP contribution < -0.4 is 22.1 Å². The van der Waals surface area contributed by atoms with Crippen molar-refractivity contribution >= 4 is 23.5 Å². The van der Waals surface area contributed by atoms with Crippen LogP contribution in [-0.4, -0.2) is 47.9 Å². The summed E-state index contributed by atoms with van der Waals surface area (Å²) in [5.41, 5.74) is 11.2. The molecule has 1 heterocycles. The maximum Gasteiger partial charge on any atom is 0.331 e. The lowest BCUT2D eigenvalue weighted by Crippen LogP contribution is -2.40. The number of rotatable bonds is 8. The second-order valence-corrected chi connectivity index (χ2v) is 6.06. The summed E-state index contributed by atoms with van der Waals surface area (Å²) in [6, 6.07) is 4.40. The average molecular weight is 378 g/mol. The van der Waals surface area contributed by atoms with Gasteiger partial charge in [-0.1, -0.05) is 0 Å². The summed E-state index contributed by atoms with van der Waals surface area (Å²) in [6.07, 6.45) is 0.566. The minimum atomic E-state index is -1.16. The van der Waals surface area contributed by atoms with Crippen LogP contribution in [0.3, 0.4) is 0 Å². The molecule has 1 aliphatic heterocycles. The van der Waals surface area contributed by atoms with Gasteiger partial charge in [0.2, 0.25) is 5.91 Å². The number of carbonyl (C=O) groups excluding carboxylic acids is 2. The molecule has 0 saturated carbocycles. The lowest BCUT2D eigenvalue weighted by molar-refractivity contribution is -0.384. The predicted molar refractivity (Wildman–Crippen MR) is 96.5 cm³/mol. The summed E-state index contributed by atoms with van der Waals surface area (Å²) in [5, 5.41) is 16.6. The Balaban J connectivity index is 1.92. The van der Waals surface area contributed by atoms with Gasteiger partial charge in [0.1, 0.15) is 6.61 Å². The molecule has 1 amide bonds. The van der Waals surface area contributed by atoms with Crippen molar-refractivity contribution in [3.05, 3.63) is 39.9 Å². The normalized spacial score (nSPS) is 17.0. The first kappa shape index (κ1) is 20.1. The van der Waals surface area contributed by atoms with E-state index < -0.39 is 16.9 Å². The molecule has 2 atom stereocenters. The Morgan fingerprint density at radius 1 is 1.37 bits per heavy atom. The number of nitrogens with zero attached hydrogens (tertiary/aromatic N) is 2. The predicted octanol–water partition coefficient (Wildman–Crippen LogP) is -0.852. The van der Waals surface area contributed by atoms with Gasteiger partial charge in [-0.15, -0.1) is 0 Å². The van der Waals surface area contributed by atoms with Crippen LogP contribution in [-0.2, 0) is 20.9 Å². The highest BCUT2D eigenvalue weighted by Gasteiger charge is 2.25. The number of ether oxygens (including phenoxy) is 1. The SMILES string of the molecule is NC(N)=NC(CC(=O)N[C@H]1CCNC1)C(=O)OCc1ccc([N+](=O)[O-])cc1. The number of nitrogens with two attached hydrogens (primary N) is 2. The molecule has 27 heavy (non-hydrogen) atoms. The van der Waals surface area contributed by atoms with Gasteiger partial charge < -0.3 is 26.8 Å². The van der Waals surface area contributed by atoms with Gasteiger partial charge in [-0.2, -0.15) is 0 Å². The molecule has 1 aromatic rings. The Morgan fingerprint density at radius 3 is 2.63 bits per heavy atom. The lowest BCUT2D eigenvalue weighted by Gasteiger charge is -2.15. The van der Waals surface area contributed by atoms with Crippen LogP contribution in [0.5, 0.6) is 0 Å². The maximum absolute atomic E-state index is 12.3. The number of aliphatic imine (C=N–C) groups is 1. The number of benzene rings is 1. The second kappa shape index (κ2) is 9.48. The maximum atomic E-state index is 12.3. The molecule has 0 spiro atoms. The Morgan fingerprint density at radius 2 is 2.07 bits per heavy atom. The van der Waals surface area contributed by atoms with Crippen molar-refractivity contribution in [3.8, 4) is 0 Å². The van der Waals surface area contributed by atoms with E-state index in [2.05, 4.69) is 15.6 Å². The molecule has 0 bridgehead atoms. The van der Waals surface area contributed by atoms with E-state index in [4.69, 9.17) is 16.2 Å². The number of nitro groups is 1. The van der Waals surface area contributed by atoms with Gasteiger partial charge in [-0.3, -0.25) is 14.9 Å². The molecule has 0 aromatic heterocycles. The summed E-state index contributed by atoms with van der Waals surface area (Å²) in [6.45, 7) is 1.37. The minimum absolute atomic E-state index is 0.00785. The molecule has 11 nitrogen and oxygen atoms in total. The van der Waals surface area contributed by atoms with E-state index >= 15 is 0 Å². The van der Waals surface area contributed by atoms with Crippen LogP contribution in [0.2, 0.25) is 0 Å². The van der Waals surface area contributed by atoms with E-state index in [1.807, 2.05) is 0 Å². The van der Waals surface area contributed by atoms with Gasteiger partial charge >= 0.3 is 5.97 Å². The third-order valence-corrected chi connectivity index (χ3v) is 3.91. The molecule has 1 saturated heterocycles. The van der Waals surface area contributed by atoms with Crippen LogP contribution in [0.4, 0.5) is 5.69 Å². The summed E-state index contributed by atoms with van der Waals surface area (Å²) >= 11 is 0. The zero-order chi connectivity index (χ0) is 19.8. The number of hydrogen-bond donors (Lipinski definition) is 4. The highest BCUT2D eigenvalue weighted by atomic mass is 16.6. The summed E-state index contributed by atoms with van der Waals surface area (Å²) in [4.78, 5) is 38.3. The number of amides is 1. The number of hydrogen-bond acceptors (Lipinski definition) is 7. The van der Waals surface area contributed by atoms with Gasteiger partial charge in [0.05, 0.1) is 11.3 Å². The van der Waals surface area contributed by atoms with E-state index in [1.54, 1.807) is 0 Å². The molecular formula is C16H22N6O5. The quantitative estimate of drug-likeness (QED) is 0.149. The van der Waals surface area contributed by atoms with E-state index in [0.29, 0.717) is 12.1 Å². The topological polar surface area (TPSA) is 175 Å². The summed E-state index contributed by atoms with van der Waals surface area (Å²) < 4.78 is 5.14. The molecule has 1 fully saturated rings. The van der Waals surface area contributed by atoms with Crippen LogP contribution in [0, 0.1) is 10.1 Å². The van der Waals surface area contributed by atoms with E-state index in [1.165, 1.54) is 24.3 Å². The van der Waals surface area contributed by atoms with E-state index in [9.17, 15) is 19.7 Å². The number of nitro benzene ring substituents is 1. The van der Waals surface area contributed by atoms with Crippen molar-refractivity contribution in [2.75, 3.05) is 13.1 Å². The van der Waals surface area contributed by atoms with Crippen LogP contribution in [0.15, 0.2) is 29.3 Å². The molecule has 0 radical (unpaired) electrons. The first-order valence-corrected chi connectivity index (χ1v) is 8.34. The average Bonchev–Trinajstić information content (AvgIpc) is 3.11. The van der Waals surface area contributed by atoms with Gasteiger partial charge in [-0.05, 0) is 30.7 Å². The molecule has 146 valence electrons. The van der Waals surface area contributed by atoms with Crippen molar-refractivity contribution in [1.29, 1.82) is 0 Å². The second-order valence-electron chi connectivity index (χ2n) is 6.06. The number of guanidine groups is 1. The zero-order valence-electron chi connectivity index (χ0n) is 14.6. The van der Waals surface area contributed by atoms with Gasteiger partial charge in [-0.25, -0.2) is 9.79 Å². The smallest absolute Gasteiger partial charge is 0.331 e. The van der Waals surface area contributed by atoms with E-state index in [-0.39, 0.29) is 36.6 Å². The zero-order valence-corrected chi connectivity index (χ0v) is 14.6. The minimum Gasteiger partial charge on any atom is -0.459 e. The van der Waals surface area contributed by atoms with Crippen molar-refractivity contribution < 1.29 is 19.2 Å². The summed E-state index contributed by atoms with van der Waals surface area (Å²) in [5.74, 6) is -1.45. The van der Waals surface area contributed by atoms with Gasteiger partial charge in [0.25, 0.3) is 5.69 Å². The largest absolute Gasteiger partial charge is 0.459 e. The highest BCUT2D eigenvalue weighted by molar-refractivity contribution is 5.88. The van der Waals surface area contributed by atoms with Crippen molar-refractivity contribution in [3.63, 3.8) is 0 Å². The Bertz CT molecular complexity index is 711. The first-order chi connectivity index (χ1) is 12.8. The molecule has 2 rings (SSSR count). The van der Waals surface area contributed by atoms with Crippen molar-refractivity contribution in [2.24, 2.45) is 16.5 Å². The third kappa shape index (κ3) is 6.55. The van der Waals surface area contributed by atoms with Crippen LogP contribution in [0.25, 0.3) is 0 Å². The standard InChI is InChI=1S/C16H22N6O5/c17-16(18)21-13(7-14(23)20-11-5-6-19-8-11)15(24)27-9-10-1-3-12(4-2-10)22(25)26/h1-4,11,13,19H,5-9H2,(H,20,23)(H4,17,18,21)/t11-,13?/m0/s1. The van der Waals surface area contributed by atoms with Gasteiger partial charge in [0.15, 0.2) is 12.0 Å². The fourth-order valence-corrected chi connectivity index (χ4v) is 2.57. The summed E-state index contributed by atoms with van der Waals surface area (Å²) in [7, 11) is 0. The molecule has 0 aliphatic carbocycles. The molecule has 11 heteroatoms. The lowest BCUT2D eigenvalue weighted by atomic mass is 10.2. The molecular weight excluding hydrogens is 356 g/mol. The Kier molecular flexibility index (Phi) is 7.06. The third-order valence-electron chi connectivity index (χ3n) is 3.91. The Hall–Kier alpha value is -3.21. The number of esters is 1. The molecule has 6 N–H and O–H groups in total. The fourth-order valence-electron chi connectivity index (χ4n) is 2.57. The number of carbonyl (C=O) groups is 2. The molecule has 1 aliphatic rings. The first-order valence-electron chi connectivity index (χ1n) is 8.34.